The van der Waals surface area contributed by atoms with Crippen molar-refractivity contribution < 1.29 is 22.9 Å². The Hall–Kier alpha value is -3.01. The fraction of sp³-hybridized carbons (Fsp3) is 0.111. The minimum Gasteiger partial charge on any atom is -0.262 e. The number of rotatable bonds is 2. The lowest BCUT2D eigenvalue weighted by Crippen LogP contribution is -2.37. The van der Waals surface area contributed by atoms with Crippen LogP contribution in [0, 0.1) is 10.1 Å². The molecule has 0 radical (unpaired) electrons. The van der Waals surface area contributed by atoms with Gasteiger partial charge in [0.1, 0.15) is 0 Å². The number of non-ortho nitro benzene ring substituents is 1. The Morgan fingerprint density at radius 3 is 2.39 bits per heavy atom. The molecule has 0 saturated heterocycles. The summed E-state index contributed by atoms with van der Waals surface area (Å²) in [6.07, 6.45) is -3.69. The van der Waals surface area contributed by atoms with Gasteiger partial charge < -0.3 is 0 Å². The van der Waals surface area contributed by atoms with Gasteiger partial charge in [-0.1, -0.05) is 22.0 Å². The molecule has 0 unspecified atom stereocenters. The van der Waals surface area contributed by atoms with Crippen LogP contribution in [0.1, 0.15) is 23.6 Å². The first-order chi connectivity index (χ1) is 13.1. The fourth-order valence-electron chi connectivity index (χ4n) is 2.66. The van der Waals surface area contributed by atoms with Crippen molar-refractivity contribution in [2.75, 3.05) is 0 Å². The standard InChI is InChI=1S/C18H11BrF3N3O3/c1-10-8-12-2-5-13(19)9-15(12)16(23-24(10)17(26)18(20,21)22)11-3-6-14(7-4-11)25(27)28/h2-9H,1H3. The summed E-state index contributed by atoms with van der Waals surface area (Å²) >= 11 is 3.31. The van der Waals surface area contributed by atoms with Crippen molar-refractivity contribution in [1.29, 1.82) is 0 Å². The van der Waals surface area contributed by atoms with E-state index in [-0.39, 0.29) is 17.1 Å². The Balaban J connectivity index is 2.22. The lowest BCUT2D eigenvalue weighted by atomic mass is 9.97. The van der Waals surface area contributed by atoms with Crippen molar-refractivity contribution in [3.8, 4) is 0 Å². The van der Waals surface area contributed by atoms with Gasteiger partial charge in [0.05, 0.1) is 10.6 Å². The van der Waals surface area contributed by atoms with Gasteiger partial charge in [-0.3, -0.25) is 14.9 Å². The van der Waals surface area contributed by atoms with E-state index in [2.05, 4.69) is 21.0 Å². The van der Waals surface area contributed by atoms with Crippen LogP contribution in [0.25, 0.3) is 6.08 Å². The minimum absolute atomic E-state index is 0.0113. The maximum atomic E-state index is 13.0. The number of benzene rings is 2. The Kier molecular flexibility index (Phi) is 5.07. The smallest absolute Gasteiger partial charge is 0.262 e. The predicted octanol–water partition coefficient (Wildman–Crippen LogP) is 4.88. The highest BCUT2D eigenvalue weighted by molar-refractivity contribution is 9.10. The summed E-state index contributed by atoms with van der Waals surface area (Å²) in [7, 11) is 0. The van der Waals surface area contributed by atoms with Gasteiger partial charge in [0, 0.05) is 33.4 Å². The topological polar surface area (TPSA) is 75.8 Å². The molecule has 0 fully saturated rings. The number of nitrogens with zero attached hydrogens (tertiary/aromatic N) is 3. The van der Waals surface area contributed by atoms with Crippen molar-refractivity contribution in [1.82, 2.24) is 5.01 Å². The number of hydrogen-bond acceptors (Lipinski definition) is 4. The number of nitro groups is 1. The number of hydrazone groups is 1. The van der Waals surface area contributed by atoms with Gasteiger partial charge in [0.2, 0.25) is 0 Å². The molecule has 0 aromatic heterocycles. The van der Waals surface area contributed by atoms with Crippen LogP contribution in [-0.2, 0) is 4.79 Å². The average molecular weight is 454 g/mol. The Morgan fingerprint density at radius 1 is 1.18 bits per heavy atom. The van der Waals surface area contributed by atoms with Crippen molar-refractivity contribution in [3.05, 3.63) is 79.4 Å². The quantitative estimate of drug-likeness (QED) is 0.480. The molecule has 1 aliphatic heterocycles. The number of alkyl halides is 3. The summed E-state index contributed by atoms with van der Waals surface area (Å²) in [6, 6.07) is 10.2. The van der Waals surface area contributed by atoms with Gasteiger partial charge >= 0.3 is 12.1 Å². The first-order valence-electron chi connectivity index (χ1n) is 7.81. The Morgan fingerprint density at radius 2 is 1.82 bits per heavy atom. The summed E-state index contributed by atoms with van der Waals surface area (Å²) < 4.78 is 39.8. The third kappa shape index (κ3) is 3.81. The second-order valence-corrected chi connectivity index (χ2v) is 6.80. The van der Waals surface area contributed by atoms with Crippen LogP contribution in [0.15, 0.2) is 57.7 Å². The highest BCUT2D eigenvalue weighted by atomic mass is 79.9. The molecule has 1 aliphatic rings. The molecule has 10 heteroatoms. The van der Waals surface area contributed by atoms with E-state index < -0.39 is 17.0 Å². The van der Waals surface area contributed by atoms with E-state index in [0.717, 1.165) is 0 Å². The summed E-state index contributed by atoms with van der Waals surface area (Å²) in [5.41, 5.74) is 1.24. The van der Waals surface area contributed by atoms with Gasteiger partial charge in [0.15, 0.2) is 0 Å². The number of nitro benzene ring substituents is 1. The normalized spacial score (nSPS) is 14.0. The molecule has 0 aliphatic carbocycles. The molecule has 0 atom stereocenters. The highest BCUT2D eigenvalue weighted by Gasteiger charge is 2.44. The van der Waals surface area contributed by atoms with Crippen LogP contribution >= 0.6 is 15.9 Å². The molecule has 1 amide bonds. The highest BCUT2D eigenvalue weighted by Crippen LogP contribution is 2.30. The van der Waals surface area contributed by atoms with E-state index in [1.54, 1.807) is 18.2 Å². The lowest BCUT2D eigenvalue weighted by molar-refractivity contribution is -0.384. The van der Waals surface area contributed by atoms with Gasteiger partial charge in [-0.15, -0.1) is 0 Å². The van der Waals surface area contributed by atoms with Gasteiger partial charge in [-0.2, -0.15) is 23.3 Å². The molecule has 3 rings (SSSR count). The molecule has 0 bridgehead atoms. The molecule has 0 N–H and O–H groups in total. The van der Waals surface area contributed by atoms with E-state index in [1.807, 2.05) is 0 Å². The van der Waals surface area contributed by atoms with Crippen LogP contribution in [0.3, 0.4) is 0 Å². The fourth-order valence-corrected chi connectivity index (χ4v) is 3.02. The van der Waals surface area contributed by atoms with Gasteiger partial charge in [-0.05, 0) is 42.8 Å². The summed E-state index contributed by atoms with van der Waals surface area (Å²) in [6.45, 7) is 1.34. The van der Waals surface area contributed by atoms with Crippen molar-refractivity contribution in [2.45, 2.75) is 13.1 Å². The second-order valence-electron chi connectivity index (χ2n) is 5.88. The van der Waals surface area contributed by atoms with E-state index in [4.69, 9.17) is 0 Å². The van der Waals surface area contributed by atoms with Crippen LogP contribution < -0.4 is 0 Å². The molecule has 6 nitrogen and oxygen atoms in total. The van der Waals surface area contributed by atoms with E-state index >= 15 is 0 Å². The van der Waals surface area contributed by atoms with E-state index in [9.17, 15) is 28.1 Å². The summed E-state index contributed by atoms with van der Waals surface area (Å²) in [5.74, 6) is -2.13. The zero-order valence-corrected chi connectivity index (χ0v) is 15.8. The van der Waals surface area contributed by atoms with Crippen LogP contribution in [0.5, 0.6) is 0 Å². The summed E-state index contributed by atoms with van der Waals surface area (Å²) in [5, 5.41) is 15.1. The maximum absolute atomic E-state index is 13.0. The second kappa shape index (κ2) is 7.19. The van der Waals surface area contributed by atoms with Gasteiger partial charge in [-0.25, -0.2) is 0 Å². The monoisotopic (exact) mass is 453 g/mol. The molecule has 0 spiro atoms. The predicted molar refractivity (Wildman–Crippen MR) is 99.4 cm³/mol. The molecule has 2 aromatic rings. The molecule has 28 heavy (non-hydrogen) atoms. The van der Waals surface area contributed by atoms with E-state index in [1.165, 1.54) is 37.3 Å². The minimum atomic E-state index is -5.11. The zero-order chi connectivity index (χ0) is 20.6. The number of carbonyl (C=O) groups excluding carboxylic acids is 1. The summed E-state index contributed by atoms with van der Waals surface area (Å²) in [4.78, 5) is 22.2. The number of hydrogen-bond donors (Lipinski definition) is 0. The van der Waals surface area contributed by atoms with Crippen LogP contribution in [0.4, 0.5) is 18.9 Å². The first kappa shape index (κ1) is 19.7. The lowest BCUT2D eigenvalue weighted by Gasteiger charge is -2.19. The molecular formula is C18H11BrF3N3O3. The molecule has 0 saturated carbocycles. The van der Waals surface area contributed by atoms with Crippen molar-refractivity contribution in [3.63, 3.8) is 0 Å². The average Bonchev–Trinajstić information content (AvgIpc) is 2.76. The number of amides is 1. The molecule has 1 heterocycles. The third-order valence-electron chi connectivity index (χ3n) is 3.96. The number of allylic oxidation sites excluding steroid dienone is 1. The van der Waals surface area contributed by atoms with Crippen molar-refractivity contribution >= 4 is 39.3 Å². The molecular weight excluding hydrogens is 443 g/mol. The number of carbonyl (C=O) groups is 1. The van der Waals surface area contributed by atoms with Crippen LogP contribution in [-0.4, -0.2) is 27.7 Å². The van der Waals surface area contributed by atoms with E-state index in [0.29, 0.717) is 26.2 Å². The maximum Gasteiger partial charge on any atom is 0.473 e. The van der Waals surface area contributed by atoms with Crippen molar-refractivity contribution in [2.24, 2.45) is 5.10 Å². The Bertz CT molecular complexity index is 1030. The third-order valence-corrected chi connectivity index (χ3v) is 4.45. The SMILES string of the molecule is CC1=Cc2ccc(Br)cc2C(c2ccc([N+](=O)[O-])cc2)=NN1C(=O)C(F)(F)F. The molecule has 144 valence electrons. The van der Waals surface area contributed by atoms with Gasteiger partial charge in [0.25, 0.3) is 5.69 Å². The van der Waals surface area contributed by atoms with Crippen LogP contribution in [0.2, 0.25) is 0 Å². The zero-order valence-electron chi connectivity index (χ0n) is 14.2. The number of halogens is 4. The first-order valence-corrected chi connectivity index (χ1v) is 8.60. The Labute approximate surface area is 165 Å². The molecule has 2 aromatic carbocycles. The largest absolute Gasteiger partial charge is 0.473 e. The number of fused-ring (bicyclic) bond motifs is 1.